The standard InChI is InChI=1S/C12H9F5O2/c13-11(14,12(15,16)17)6-19-9-5-7-3-1-2-4-8(7)10(9)18/h1-4,9H,5-6H2. The molecule has 2 nitrogen and oxygen atoms in total. The van der Waals surface area contributed by atoms with Gasteiger partial charge < -0.3 is 4.74 Å². The minimum atomic E-state index is -5.68. The third kappa shape index (κ3) is 2.60. The number of alkyl halides is 5. The minimum Gasteiger partial charge on any atom is -0.363 e. The van der Waals surface area contributed by atoms with Crippen LogP contribution >= 0.6 is 0 Å². The lowest BCUT2D eigenvalue weighted by Crippen LogP contribution is -2.42. The van der Waals surface area contributed by atoms with Gasteiger partial charge in [-0.25, -0.2) is 0 Å². The summed E-state index contributed by atoms with van der Waals surface area (Å²) in [5, 5.41) is 0. The lowest BCUT2D eigenvalue weighted by atomic mass is 10.1. The maximum Gasteiger partial charge on any atom is 0.455 e. The van der Waals surface area contributed by atoms with E-state index >= 15 is 0 Å². The summed E-state index contributed by atoms with van der Waals surface area (Å²) in [6, 6.07) is 6.34. The number of ether oxygens (including phenoxy) is 1. The smallest absolute Gasteiger partial charge is 0.363 e. The topological polar surface area (TPSA) is 26.3 Å². The molecule has 2 rings (SSSR count). The number of hydrogen-bond acceptors (Lipinski definition) is 2. The van der Waals surface area contributed by atoms with Gasteiger partial charge in [-0.05, 0) is 5.56 Å². The van der Waals surface area contributed by atoms with Gasteiger partial charge in [-0.15, -0.1) is 0 Å². The van der Waals surface area contributed by atoms with E-state index in [4.69, 9.17) is 0 Å². The van der Waals surface area contributed by atoms with Crippen LogP contribution in [0.3, 0.4) is 0 Å². The Hall–Kier alpha value is -1.50. The summed E-state index contributed by atoms with van der Waals surface area (Å²) in [5.74, 6) is -5.52. The largest absolute Gasteiger partial charge is 0.455 e. The van der Waals surface area contributed by atoms with Crippen molar-refractivity contribution in [2.24, 2.45) is 0 Å². The molecule has 7 heteroatoms. The Morgan fingerprint density at radius 3 is 2.37 bits per heavy atom. The van der Waals surface area contributed by atoms with Gasteiger partial charge in [-0.1, -0.05) is 24.3 Å². The van der Waals surface area contributed by atoms with E-state index in [1.807, 2.05) is 0 Å². The van der Waals surface area contributed by atoms with E-state index < -0.39 is 30.6 Å². The first kappa shape index (κ1) is 13.9. The molecule has 0 radical (unpaired) electrons. The average Bonchev–Trinajstić information content (AvgIpc) is 2.63. The predicted molar refractivity (Wildman–Crippen MR) is 55.2 cm³/mol. The fraction of sp³-hybridized carbons (Fsp3) is 0.417. The molecule has 1 aromatic rings. The molecule has 19 heavy (non-hydrogen) atoms. The van der Waals surface area contributed by atoms with Crippen molar-refractivity contribution in [2.45, 2.75) is 24.6 Å². The number of Topliss-reactive ketones (excluding diaryl/α,β-unsaturated/α-hetero) is 1. The monoisotopic (exact) mass is 280 g/mol. The first-order valence-electron chi connectivity index (χ1n) is 5.40. The summed E-state index contributed by atoms with van der Waals surface area (Å²) in [6.07, 6.45) is -6.93. The molecule has 0 heterocycles. The van der Waals surface area contributed by atoms with Crippen molar-refractivity contribution in [1.29, 1.82) is 0 Å². The highest BCUT2D eigenvalue weighted by Crippen LogP contribution is 2.36. The second kappa shape index (κ2) is 4.56. The molecule has 0 bridgehead atoms. The Morgan fingerprint density at radius 2 is 1.79 bits per heavy atom. The van der Waals surface area contributed by atoms with Crippen LogP contribution in [0, 0.1) is 0 Å². The number of carbonyl (C=O) groups is 1. The number of rotatable bonds is 3. The Labute approximate surface area is 105 Å². The van der Waals surface area contributed by atoms with E-state index in [0.29, 0.717) is 11.1 Å². The van der Waals surface area contributed by atoms with Crippen LogP contribution in [0.2, 0.25) is 0 Å². The van der Waals surface area contributed by atoms with Gasteiger partial charge in [0.1, 0.15) is 12.7 Å². The summed E-state index contributed by atoms with van der Waals surface area (Å²) in [7, 11) is 0. The zero-order chi connectivity index (χ0) is 14.3. The first-order valence-corrected chi connectivity index (χ1v) is 5.40. The van der Waals surface area contributed by atoms with Gasteiger partial charge in [-0.3, -0.25) is 4.79 Å². The van der Waals surface area contributed by atoms with E-state index in [9.17, 15) is 26.7 Å². The lowest BCUT2D eigenvalue weighted by molar-refractivity contribution is -0.298. The van der Waals surface area contributed by atoms with Gasteiger partial charge in [0.05, 0.1) is 0 Å². The van der Waals surface area contributed by atoms with Crippen molar-refractivity contribution in [3.8, 4) is 0 Å². The predicted octanol–water partition coefficient (Wildman–Crippen LogP) is 3.01. The molecule has 0 fully saturated rings. The molecule has 1 aromatic carbocycles. The number of halogens is 5. The number of hydrogen-bond donors (Lipinski definition) is 0. The number of fused-ring (bicyclic) bond motifs is 1. The highest BCUT2D eigenvalue weighted by atomic mass is 19.4. The van der Waals surface area contributed by atoms with Crippen LogP contribution in [-0.2, 0) is 11.2 Å². The normalized spacial score (nSPS) is 19.6. The van der Waals surface area contributed by atoms with Crippen LogP contribution in [0.4, 0.5) is 22.0 Å². The van der Waals surface area contributed by atoms with Gasteiger partial charge in [0.25, 0.3) is 0 Å². The number of carbonyl (C=O) groups excluding carboxylic acids is 1. The number of benzene rings is 1. The van der Waals surface area contributed by atoms with Gasteiger partial charge in [-0.2, -0.15) is 22.0 Å². The molecule has 0 saturated heterocycles. The molecule has 0 spiro atoms. The summed E-state index contributed by atoms with van der Waals surface area (Å²) < 4.78 is 65.7. The van der Waals surface area contributed by atoms with Crippen molar-refractivity contribution in [1.82, 2.24) is 0 Å². The molecule has 1 aliphatic rings. The van der Waals surface area contributed by atoms with Gasteiger partial charge in [0, 0.05) is 12.0 Å². The fourth-order valence-electron chi connectivity index (χ4n) is 1.83. The van der Waals surface area contributed by atoms with E-state index in [2.05, 4.69) is 4.74 Å². The van der Waals surface area contributed by atoms with Crippen LogP contribution in [0.15, 0.2) is 24.3 Å². The molecular weight excluding hydrogens is 271 g/mol. The minimum absolute atomic E-state index is 0.0168. The molecular formula is C12H9F5O2. The SMILES string of the molecule is O=C1c2ccccc2CC1OCC(F)(F)C(F)(F)F. The van der Waals surface area contributed by atoms with Crippen LogP contribution in [0.5, 0.6) is 0 Å². The number of ketones is 1. The Morgan fingerprint density at radius 1 is 1.16 bits per heavy atom. The van der Waals surface area contributed by atoms with Gasteiger partial charge in [0.15, 0.2) is 5.78 Å². The van der Waals surface area contributed by atoms with Crippen LogP contribution in [0.25, 0.3) is 0 Å². The Bertz CT molecular complexity index is 495. The van der Waals surface area contributed by atoms with Crippen molar-refractivity contribution in [2.75, 3.05) is 6.61 Å². The van der Waals surface area contributed by atoms with Crippen molar-refractivity contribution < 1.29 is 31.5 Å². The summed E-state index contributed by atoms with van der Waals surface area (Å²) in [4.78, 5) is 11.7. The molecule has 0 N–H and O–H groups in total. The van der Waals surface area contributed by atoms with E-state index in [-0.39, 0.29) is 6.42 Å². The maximum absolute atomic E-state index is 12.7. The molecule has 0 aromatic heterocycles. The second-order valence-electron chi connectivity index (χ2n) is 4.23. The first-order chi connectivity index (χ1) is 8.72. The third-order valence-electron chi connectivity index (χ3n) is 2.86. The average molecular weight is 280 g/mol. The molecule has 0 amide bonds. The molecule has 1 unspecified atom stereocenters. The zero-order valence-corrected chi connectivity index (χ0v) is 9.51. The Balaban J connectivity index is 2.03. The molecule has 0 saturated carbocycles. The summed E-state index contributed by atoms with van der Waals surface area (Å²) >= 11 is 0. The van der Waals surface area contributed by atoms with Crippen molar-refractivity contribution in [3.05, 3.63) is 35.4 Å². The summed E-state index contributed by atoms with van der Waals surface area (Å²) in [5.41, 5.74) is 0.899. The maximum atomic E-state index is 12.7. The lowest BCUT2D eigenvalue weighted by Gasteiger charge is -2.21. The molecule has 0 aliphatic heterocycles. The second-order valence-corrected chi connectivity index (χ2v) is 4.23. The van der Waals surface area contributed by atoms with Crippen LogP contribution in [-0.4, -0.2) is 30.6 Å². The fourth-order valence-corrected chi connectivity index (χ4v) is 1.83. The zero-order valence-electron chi connectivity index (χ0n) is 9.51. The highest BCUT2D eigenvalue weighted by Gasteiger charge is 2.58. The molecule has 1 aliphatic carbocycles. The third-order valence-corrected chi connectivity index (χ3v) is 2.86. The molecule has 104 valence electrons. The quantitative estimate of drug-likeness (QED) is 0.796. The molecule has 1 atom stereocenters. The van der Waals surface area contributed by atoms with E-state index in [0.717, 1.165) is 0 Å². The van der Waals surface area contributed by atoms with E-state index in [1.54, 1.807) is 18.2 Å². The van der Waals surface area contributed by atoms with Crippen molar-refractivity contribution in [3.63, 3.8) is 0 Å². The Kier molecular flexibility index (Phi) is 3.34. The highest BCUT2D eigenvalue weighted by molar-refractivity contribution is 6.03. The van der Waals surface area contributed by atoms with E-state index in [1.165, 1.54) is 6.07 Å². The summed E-state index contributed by atoms with van der Waals surface area (Å²) in [6.45, 7) is -1.85. The van der Waals surface area contributed by atoms with Crippen molar-refractivity contribution >= 4 is 5.78 Å². The van der Waals surface area contributed by atoms with Crippen LogP contribution < -0.4 is 0 Å². The van der Waals surface area contributed by atoms with Gasteiger partial charge in [0.2, 0.25) is 0 Å². The van der Waals surface area contributed by atoms with Crippen LogP contribution in [0.1, 0.15) is 15.9 Å². The van der Waals surface area contributed by atoms with Gasteiger partial charge >= 0.3 is 12.1 Å².